The first kappa shape index (κ1) is 3.37. The Kier molecular flexibility index (Phi) is 0.622. The van der Waals surface area contributed by atoms with Crippen molar-refractivity contribution in [3.63, 3.8) is 0 Å². The molecule has 6 heavy (non-hydrogen) atoms. The van der Waals surface area contributed by atoms with E-state index in [1.807, 2.05) is 11.6 Å². The van der Waals surface area contributed by atoms with Crippen LogP contribution in [0.25, 0.3) is 0 Å². The fraction of sp³-hybridized carbons (Fsp3) is 0.667. The topological polar surface area (TPSA) is 27.4 Å². The Labute approximate surface area is 36.0 Å². The molecule has 1 N–H and O–H groups in total. The highest BCUT2D eigenvalue weighted by Crippen LogP contribution is 1.65. The predicted molar refractivity (Wildman–Crippen MR) is 21.6 cm³/mol. The molecule has 0 aliphatic carbocycles. The minimum Gasteiger partial charge on any atom is -0.199 e. The third-order valence-corrected chi connectivity index (χ3v) is 0.608. The van der Waals surface area contributed by atoms with E-state index in [2.05, 4.69) is 16.5 Å². The van der Waals surface area contributed by atoms with Crippen LogP contribution in [0, 0.1) is 0 Å². The van der Waals surface area contributed by atoms with Crippen LogP contribution in [0.2, 0.25) is 0 Å². The Morgan fingerprint density at radius 3 is 3.00 bits per heavy atom. The van der Waals surface area contributed by atoms with Crippen LogP contribution >= 0.6 is 0 Å². The smallest absolute Gasteiger partial charge is 0.199 e. The molecule has 0 saturated carbocycles. The second-order valence-corrected chi connectivity index (χ2v) is 1.23. The lowest BCUT2D eigenvalue weighted by molar-refractivity contribution is -0.488. The second-order valence-electron chi connectivity index (χ2n) is 1.23. The lowest BCUT2D eigenvalue weighted by atomic mass is 11.0. The van der Waals surface area contributed by atoms with Crippen molar-refractivity contribution < 1.29 is 4.58 Å². The molecular formula is C3H6N3+. The molecule has 3 nitrogen and oxygen atoms in total. The Morgan fingerprint density at radius 2 is 2.83 bits per heavy atom. The molecule has 0 atom stereocenters. The van der Waals surface area contributed by atoms with Gasteiger partial charge in [0, 0.05) is 0 Å². The van der Waals surface area contributed by atoms with Crippen molar-refractivity contribution in [2.24, 2.45) is 5.10 Å². The first-order valence-electron chi connectivity index (χ1n) is 1.79. The summed E-state index contributed by atoms with van der Waals surface area (Å²) >= 11 is 0. The quantitative estimate of drug-likeness (QED) is 0.385. The van der Waals surface area contributed by atoms with Crippen LogP contribution in [0.5, 0.6) is 0 Å². The van der Waals surface area contributed by atoms with E-state index >= 15 is 0 Å². The molecule has 0 saturated heterocycles. The van der Waals surface area contributed by atoms with Gasteiger partial charge in [-0.05, 0) is 0 Å². The van der Waals surface area contributed by atoms with Crippen molar-refractivity contribution in [1.82, 2.24) is 5.43 Å². The third-order valence-electron chi connectivity index (χ3n) is 0.608. The summed E-state index contributed by atoms with van der Waals surface area (Å²) in [4.78, 5) is 0. The van der Waals surface area contributed by atoms with E-state index in [0.717, 1.165) is 6.67 Å². The highest BCUT2D eigenvalue weighted by atomic mass is 15.4. The molecule has 0 aromatic rings. The van der Waals surface area contributed by atoms with Crippen molar-refractivity contribution >= 4 is 6.01 Å². The van der Waals surface area contributed by atoms with Crippen molar-refractivity contribution in [2.45, 2.75) is 0 Å². The number of nitrogens with one attached hydrogen (secondary N) is 1. The maximum atomic E-state index is 3.59. The van der Waals surface area contributed by atoms with Crippen LogP contribution in [0.15, 0.2) is 5.10 Å². The standard InChI is InChI=1S/C3H6N3/c1-6-2-4-5-3-6/h4H,2H2,1H3/q+1. The average molecular weight is 84.1 g/mol. The van der Waals surface area contributed by atoms with E-state index in [9.17, 15) is 0 Å². The number of hydrogen-bond donors (Lipinski definition) is 1. The van der Waals surface area contributed by atoms with Crippen molar-refractivity contribution in [3.8, 4) is 0 Å². The molecule has 0 spiro atoms. The molecule has 0 radical (unpaired) electrons. The van der Waals surface area contributed by atoms with E-state index in [1.54, 1.807) is 0 Å². The van der Waals surface area contributed by atoms with Gasteiger partial charge in [-0.3, -0.25) is 0 Å². The number of rotatable bonds is 0. The lowest BCUT2D eigenvalue weighted by Gasteiger charge is -1.78. The van der Waals surface area contributed by atoms with Gasteiger partial charge < -0.3 is 0 Å². The Bertz CT molecular complexity index is 109. The van der Waals surface area contributed by atoms with Crippen LogP contribution in [0.4, 0.5) is 0 Å². The lowest BCUT2D eigenvalue weighted by Crippen LogP contribution is -2.11. The van der Waals surface area contributed by atoms with Gasteiger partial charge in [-0.1, -0.05) is 0 Å². The maximum Gasteiger partial charge on any atom is 0.339 e. The van der Waals surface area contributed by atoms with Gasteiger partial charge in [-0.2, -0.15) is 10.0 Å². The van der Waals surface area contributed by atoms with Gasteiger partial charge in [0.05, 0.1) is 7.05 Å². The Hall–Kier alpha value is -0.820. The third kappa shape index (κ3) is 0.396. The van der Waals surface area contributed by atoms with E-state index in [4.69, 9.17) is 0 Å². The average Bonchev–Trinajstić information content (AvgIpc) is 1.86. The molecule has 1 rings (SSSR count). The van der Waals surface area contributed by atoms with E-state index in [0.29, 0.717) is 0 Å². The predicted octanol–water partition coefficient (Wildman–Crippen LogP) is -0.722. The first-order chi connectivity index (χ1) is 2.89. The Morgan fingerprint density at radius 1 is 2.00 bits per heavy atom. The van der Waals surface area contributed by atoms with Gasteiger partial charge in [-0.25, -0.2) is 0 Å². The number of hydrogen-bond acceptors (Lipinski definition) is 2. The molecule has 0 bridgehead atoms. The zero-order valence-corrected chi connectivity index (χ0v) is 3.60. The summed E-state index contributed by atoms with van der Waals surface area (Å²) in [7, 11) is 1.91. The molecule has 0 unspecified atom stereocenters. The van der Waals surface area contributed by atoms with Gasteiger partial charge in [0.25, 0.3) is 0 Å². The van der Waals surface area contributed by atoms with Crippen LogP contribution in [0.3, 0.4) is 0 Å². The summed E-state index contributed by atoms with van der Waals surface area (Å²) < 4.78 is 1.83. The van der Waals surface area contributed by atoms with Crippen molar-refractivity contribution in [3.05, 3.63) is 0 Å². The van der Waals surface area contributed by atoms with Gasteiger partial charge in [0.15, 0.2) is 6.67 Å². The first-order valence-corrected chi connectivity index (χ1v) is 1.79. The van der Waals surface area contributed by atoms with E-state index in [-0.39, 0.29) is 0 Å². The summed E-state index contributed by atoms with van der Waals surface area (Å²) in [5.41, 5.74) is 2.71. The van der Waals surface area contributed by atoms with Gasteiger partial charge in [-0.15, -0.1) is 0 Å². The highest BCUT2D eigenvalue weighted by molar-refractivity contribution is 5.34. The molecule has 0 aromatic heterocycles. The molecule has 0 aromatic carbocycles. The monoisotopic (exact) mass is 84.1 g/mol. The van der Waals surface area contributed by atoms with Gasteiger partial charge in [0.1, 0.15) is 5.10 Å². The fourth-order valence-corrected chi connectivity index (χ4v) is 0.297. The van der Waals surface area contributed by atoms with E-state index < -0.39 is 0 Å². The van der Waals surface area contributed by atoms with E-state index in [1.165, 1.54) is 0 Å². The summed E-state index contributed by atoms with van der Waals surface area (Å²) in [5, 5.41) is 3.59. The fourth-order valence-electron chi connectivity index (χ4n) is 0.297. The SMILES string of the molecule is C[N+]1=C=NNC1. The summed E-state index contributed by atoms with van der Waals surface area (Å²) in [6.45, 7) is 0.792. The molecule has 1 heterocycles. The van der Waals surface area contributed by atoms with Crippen molar-refractivity contribution in [2.75, 3.05) is 13.7 Å². The summed E-state index contributed by atoms with van der Waals surface area (Å²) in [5.74, 6) is 0. The van der Waals surface area contributed by atoms with Gasteiger partial charge >= 0.3 is 6.01 Å². The van der Waals surface area contributed by atoms with Crippen molar-refractivity contribution in [1.29, 1.82) is 0 Å². The Balaban J connectivity index is 2.71. The minimum atomic E-state index is 0.792. The minimum absolute atomic E-state index is 0.792. The molecule has 32 valence electrons. The zero-order chi connectivity index (χ0) is 4.41. The molecule has 0 fully saturated rings. The molecule has 1 aliphatic heterocycles. The molecule has 1 aliphatic rings. The van der Waals surface area contributed by atoms with Crippen LogP contribution in [0.1, 0.15) is 0 Å². The normalized spacial score (nSPS) is 17.2. The van der Waals surface area contributed by atoms with Crippen LogP contribution < -0.4 is 5.43 Å². The number of nitrogens with zero attached hydrogens (tertiary/aromatic N) is 2. The summed E-state index contributed by atoms with van der Waals surface area (Å²) in [6.07, 6.45) is 0. The second kappa shape index (κ2) is 1.11. The molecular weight excluding hydrogens is 78.1 g/mol. The molecule has 3 heteroatoms. The maximum absolute atomic E-state index is 3.59. The highest BCUT2D eigenvalue weighted by Gasteiger charge is 1.95. The number of hydrazone groups is 1. The van der Waals surface area contributed by atoms with Crippen LogP contribution in [-0.2, 0) is 0 Å². The molecule has 0 amide bonds. The zero-order valence-electron chi connectivity index (χ0n) is 3.60. The largest absolute Gasteiger partial charge is 0.339 e. The van der Waals surface area contributed by atoms with Gasteiger partial charge in [0.2, 0.25) is 0 Å². The summed E-state index contributed by atoms with van der Waals surface area (Å²) in [6, 6.07) is 2.67. The van der Waals surface area contributed by atoms with Crippen LogP contribution in [-0.4, -0.2) is 24.3 Å².